The molecule has 0 bridgehead atoms. The van der Waals surface area contributed by atoms with Gasteiger partial charge in [0, 0.05) is 41.0 Å². The second-order valence-electron chi connectivity index (χ2n) is 8.43. The Morgan fingerprint density at radius 1 is 1.12 bits per heavy atom. The standard InChI is InChI=1S/C26H25N3O4S/c1-14-22(25(31)29-26-28-17-7-4-5-10-21(17)34-26)23(24-18(27-14)8-6-9-19(24)30)16-12-11-15(32-2)13-20(16)33-3/h4-5,7,10-13,22-23H,6,8-9H2,1-3H3,(H,28,29,31)/t22?,23-/m0/s1. The molecule has 0 spiro atoms. The van der Waals surface area contributed by atoms with Crippen molar-refractivity contribution in [3.63, 3.8) is 0 Å². The summed E-state index contributed by atoms with van der Waals surface area (Å²) < 4.78 is 12.0. The Bertz CT molecular complexity index is 1320. The van der Waals surface area contributed by atoms with Crippen LogP contribution in [0.5, 0.6) is 11.5 Å². The Kier molecular flexibility index (Phi) is 5.91. The summed E-state index contributed by atoms with van der Waals surface area (Å²) in [6.07, 6.45) is 1.94. The molecule has 1 aliphatic carbocycles. The summed E-state index contributed by atoms with van der Waals surface area (Å²) in [5.41, 5.74) is 3.67. The third kappa shape index (κ3) is 3.88. The lowest BCUT2D eigenvalue weighted by Gasteiger charge is -2.35. The molecule has 0 saturated carbocycles. The number of carbonyl (C=O) groups is 2. The number of rotatable bonds is 5. The first kappa shape index (κ1) is 22.3. The molecule has 1 aliphatic heterocycles. The maximum atomic E-state index is 13.7. The first-order chi connectivity index (χ1) is 16.5. The first-order valence-electron chi connectivity index (χ1n) is 11.2. The Labute approximate surface area is 201 Å². The maximum Gasteiger partial charge on any atom is 0.235 e. The van der Waals surface area contributed by atoms with Crippen LogP contribution in [-0.4, -0.2) is 36.6 Å². The number of carbonyl (C=O) groups excluding carboxylic acids is 2. The molecule has 3 aromatic rings. The van der Waals surface area contributed by atoms with Gasteiger partial charge in [0.2, 0.25) is 5.91 Å². The highest BCUT2D eigenvalue weighted by Crippen LogP contribution is 2.47. The van der Waals surface area contributed by atoms with Gasteiger partial charge >= 0.3 is 0 Å². The van der Waals surface area contributed by atoms with E-state index in [1.165, 1.54) is 11.3 Å². The van der Waals surface area contributed by atoms with E-state index in [2.05, 4.69) is 10.3 Å². The average Bonchev–Trinajstić information content (AvgIpc) is 3.25. The largest absolute Gasteiger partial charge is 0.497 e. The van der Waals surface area contributed by atoms with Gasteiger partial charge in [0.25, 0.3) is 0 Å². The summed E-state index contributed by atoms with van der Waals surface area (Å²) in [4.78, 5) is 36.2. The number of thiazole rings is 1. The van der Waals surface area contributed by atoms with E-state index < -0.39 is 11.8 Å². The number of fused-ring (bicyclic) bond motifs is 1. The number of Topliss-reactive ketones (excluding diaryl/α,β-unsaturated/α-hetero) is 1. The summed E-state index contributed by atoms with van der Waals surface area (Å²) >= 11 is 1.42. The molecule has 0 saturated heterocycles. The number of allylic oxidation sites excluding steroid dienone is 2. The molecule has 2 atom stereocenters. The number of aromatic nitrogens is 1. The van der Waals surface area contributed by atoms with Crippen molar-refractivity contribution in [2.24, 2.45) is 10.9 Å². The number of nitrogens with one attached hydrogen (secondary N) is 1. The number of ketones is 1. The van der Waals surface area contributed by atoms with Crippen molar-refractivity contribution >= 4 is 44.1 Å². The quantitative estimate of drug-likeness (QED) is 0.552. The van der Waals surface area contributed by atoms with Gasteiger partial charge in [-0.05, 0) is 38.0 Å². The van der Waals surface area contributed by atoms with E-state index in [1.54, 1.807) is 20.3 Å². The van der Waals surface area contributed by atoms with E-state index in [9.17, 15) is 9.59 Å². The molecular weight excluding hydrogens is 450 g/mol. The van der Waals surface area contributed by atoms with E-state index in [4.69, 9.17) is 14.5 Å². The van der Waals surface area contributed by atoms with Crippen LogP contribution in [0.4, 0.5) is 5.13 Å². The number of anilines is 1. The van der Waals surface area contributed by atoms with Crippen molar-refractivity contribution in [1.29, 1.82) is 0 Å². The molecule has 2 aliphatic rings. The predicted octanol–water partition coefficient (Wildman–Crippen LogP) is 5.13. The van der Waals surface area contributed by atoms with Crippen LogP contribution in [0.1, 0.15) is 37.7 Å². The van der Waals surface area contributed by atoms with Gasteiger partial charge in [0.05, 0.1) is 30.4 Å². The van der Waals surface area contributed by atoms with Gasteiger partial charge in [0.1, 0.15) is 11.5 Å². The molecule has 174 valence electrons. The van der Waals surface area contributed by atoms with Crippen molar-refractivity contribution in [3.8, 4) is 11.5 Å². The van der Waals surface area contributed by atoms with Crippen LogP contribution >= 0.6 is 11.3 Å². The third-order valence-corrected chi connectivity index (χ3v) is 7.37. The molecule has 34 heavy (non-hydrogen) atoms. The molecule has 7 nitrogen and oxygen atoms in total. The minimum absolute atomic E-state index is 0.0400. The highest BCUT2D eigenvalue weighted by Gasteiger charge is 2.43. The van der Waals surface area contributed by atoms with Gasteiger partial charge in [-0.3, -0.25) is 14.6 Å². The van der Waals surface area contributed by atoms with E-state index >= 15 is 0 Å². The number of para-hydroxylation sites is 1. The molecule has 1 aromatic heterocycles. The Morgan fingerprint density at radius 2 is 1.94 bits per heavy atom. The molecule has 1 unspecified atom stereocenters. The van der Waals surface area contributed by atoms with Gasteiger partial charge in [-0.25, -0.2) is 4.98 Å². The smallest absolute Gasteiger partial charge is 0.235 e. The van der Waals surface area contributed by atoms with Crippen molar-refractivity contribution in [2.75, 3.05) is 19.5 Å². The van der Waals surface area contributed by atoms with Crippen LogP contribution in [-0.2, 0) is 9.59 Å². The molecule has 0 fully saturated rings. The third-order valence-electron chi connectivity index (χ3n) is 6.42. The summed E-state index contributed by atoms with van der Waals surface area (Å²) in [6.45, 7) is 1.86. The topological polar surface area (TPSA) is 89.9 Å². The van der Waals surface area contributed by atoms with Crippen molar-refractivity contribution in [1.82, 2.24) is 4.98 Å². The second kappa shape index (κ2) is 9.02. The summed E-state index contributed by atoms with van der Waals surface area (Å²) in [5, 5.41) is 3.51. The fourth-order valence-corrected chi connectivity index (χ4v) is 5.74. The highest BCUT2D eigenvalue weighted by molar-refractivity contribution is 7.22. The van der Waals surface area contributed by atoms with Crippen molar-refractivity contribution < 1.29 is 19.1 Å². The summed E-state index contributed by atoms with van der Waals surface area (Å²) in [5.74, 6) is -0.166. The van der Waals surface area contributed by atoms with E-state index in [0.717, 1.165) is 34.3 Å². The SMILES string of the molecule is COc1ccc([C@@H]2C3=C(CCCC3=O)N=C(C)C2C(=O)Nc2nc3ccccc3s2)c(OC)c1. The fraction of sp³-hybridized carbons (Fsp3) is 0.308. The number of aliphatic imine (C=N–C) groups is 1. The normalized spacial score (nSPS) is 20.1. The first-order valence-corrected chi connectivity index (χ1v) is 12.0. The van der Waals surface area contributed by atoms with Crippen molar-refractivity contribution in [2.45, 2.75) is 32.1 Å². The molecule has 2 aromatic carbocycles. The van der Waals surface area contributed by atoms with Crippen LogP contribution in [0.3, 0.4) is 0 Å². The van der Waals surface area contributed by atoms with E-state index in [0.29, 0.717) is 34.3 Å². The number of hydrogen-bond acceptors (Lipinski definition) is 7. The minimum atomic E-state index is -0.671. The molecular formula is C26H25N3O4S. The van der Waals surface area contributed by atoms with Gasteiger partial charge in [0.15, 0.2) is 10.9 Å². The van der Waals surface area contributed by atoms with Crippen LogP contribution in [0.2, 0.25) is 0 Å². The number of nitrogens with zero attached hydrogens (tertiary/aromatic N) is 2. The molecule has 1 amide bonds. The van der Waals surface area contributed by atoms with Gasteiger partial charge in [-0.1, -0.05) is 29.5 Å². The van der Waals surface area contributed by atoms with Gasteiger partial charge < -0.3 is 14.8 Å². The zero-order chi connectivity index (χ0) is 23.8. The number of hydrogen-bond donors (Lipinski definition) is 1. The Balaban J connectivity index is 1.59. The van der Waals surface area contributed by atoms with E-state index in [1.807, 2.05) is 43.3 Å². The summed E-state index contributed by atoms with van der Waals surface area (Å²) in [6, 6.07) is 13.2. The minimum Gasteiger partial charge on any atom is -0.497 e. The molecule has 0 radical (unpaired) electrons. The van der Waals surface area contributed by atoms with E-state index in [-0.39, 0.29) is 11.7 Å². The summed E-state index contributed by atoms with van der Waals surface area (Å²) in [7, 11) is 3.17. The van der Waals surface area contributed by atoms with Crippen LogP contribution < -0.4 is 14.8 Å². The van der Waals surface area contributed by atoms with Crippen molar-refractivity contribution in [3.05, 3.63) is 59.3 Å². The number of benzene rings is 2. The lowest BCUT2D eigenvalue weighted by molar-refractivity contribution is -0.119. The molecule has 5 rings (SSSR count). The maximum absolute atomic E-state index is 13.7. The fourth-order valence-electron chi connectivity index (χ4n) is 4.87. The van der Waals surface area contributed by atoms with Crippen LogP contribution in [0.25, 0.3) is 10.2 Å². The molecule has 8 heteroatoms. The number of amides is 1. The Hall–Kier alpha value is -3.52. The van der Waals surface area contributed by atoms with Crippen LogP contribution in [0, 0.1) is 5.92 Å². The molecule has 2 heterocycles. The number of ether oxygens (including phenoxy) is 2. The molecule has 1 N–H and O–H groups in total. The highest BCUT2D eigenvalue weighted by atomic mass is 32.1. The second-order valence-corrected chi connectivity index (χ2v) is 9.46. The van der Waals surface area contributed by atoms with Crippen LogP contribution in [0.15, 0.2) is 58.7 Å². The lowest BCUT2D eigenvalue weighted by atomic mass is 9.71. The lowest BCUT2D eigenvalue weighted by Crippen LogP contribution is -2.39. The number of methoxy groups -OCH3 is 2. The monoisotopic (exact) mass is 475 g/mol. The predicted molar refractivity (Wildman–Crippen MR) is 133 cm³/mol. The van der Waals surface area contributed by atoms with Gasteiger partial charge in [-0.15, -0.1) is 0 Å². The zero-order valence-electron chi connectivity index (χ0n) is 19.3. The average molecular weight is 476 g/mol. The zero-order valence-corrected chi connectivity index (χ0v) is 20.1. The Morgan fingerprint density at radius 3 is 2.71 bits per heavy atom. The van der Waals surface area contributed by atoms with Gasteiger partial charge in [-0.2, -0.15) is 0 Å².